The van der Waals surface area contributed by atoms with Crippen molar-refractivity contribution in [1.29, 1.82) is 0 Å². The van der Waals surface area contributed by atoms with Crippen molar-refractivity contribution >= 4 is 17.5 Å². The van der Waals surface area contributed by atoms with Gasteiger partial charge in [0.1, 0.15) is 6.04 Å². The zero-order valence-corrected chi connectivity index (χ0v) is 11.5. The summed E-state index contributed by atoms with van der Waals surface area (Å²) in [6.07, 6.45) is 1.40. The average Bonchev–Trinajstić information content (AvgIpc) is 2.95. The molecule has 1 aromatic rings. The van der Waals surface area contributed by atoms with Gasteiger partial charge in [-0.25, -0.2) is 0 Å². The molecule has 1 N–H and O–H groups in total. The van der Waals surface area contributed by atoms with E-state index in [1.165, 1.54) is 0 Å². The lowest BCUT2D eigenvalue weighted by molar-refractivity contribution is -0.120. The van der Waals surface area contributed by atoms with Gasteiger partial charge in [0.15, 0.2) is 0 Å². The Morgan fingerprint density at radius 2 is 2.15 bits per heavy atom. The number of benzene rings is 1. The number of amides is 2. The van der Waals surface area contributed by atoms with Gasteiger partial charge in [0.05, 0.1) is 23.9 Å². The van der Waals surface area contributed by atoms with E-state index in [4.69, 9.17) is 4.74 Å². The fourth-order valence-corrected chi connectivity index (χ4v) is 2.84. The molecule has 106 valence electrons. The number of fused-ring (bicyclic) bond motifs is 1. The number of para-hydroxylation sites is 1. The van der Waals surface area contributed by atoms with Crippen LogP contribution in [0.4, 0.5) is 5.69 Å². The third-order valence-corrected chi connectivity index (χ3v) is 3.93. The smallest absolute Gasteiger partial charge is 0.254 e. The third-order valence-electron chi connectivity index (χ3n) is 3.93. The van der Waals surface area contributed by atoms with Crippen LogP contribution < -0.4 is 10.2 Å². The molecule has 2 unspecified atom stereocenters. The summed E-state index contributed by atoms with van der Waals surface area (Å²) >= 11 is 0. The van der Waals surface area contributed by atoms with Crippen LogP contribution in [0.5, 0.6) is 0 Å². The van der Waals surface area contributed by atoms with E-state index < -0.39 is 6.04 Å². The van der Waals surface area contributed by atoms with E-state index in [0.717, 1.165) is 6.42 Å². The van der Waals surface area contributed by atoms with Crippen molar-refractivity contribution in [3.63, 3.8) is 0 Å². The molecule has 0 spiro atoms. The fraction of sp³-hybridized carbons (Fsp3) is 0.467. The summed E-state index contributed by atoms with van der Waals surface area (Å²) in [5.41, 5.74) is 1.25. The number of carbonyl (C=O) groups is 2. The molecule has 1 aromatic carbocycles. The molecule has 2 aliphatic rings. The predicted octanol–water partition coefficient (Wildman–Crippen LogP) is 1.33. The molecule has 2 atom stereocenters. The lowest BCUT2D eigenvalue weighted by Gasteiger charge is -2.29. The van der Waals surface area contributed by atoms with Crippen molar-refractivity contribution in [3.8, 4) is 0 Å². The van der Waals surface area contributed by atoms with Gasteiger partial charge >= 0.3 is 0 Å². The molecule has 1 fully saturated rings. The first kappa shape index (κ1) is 13.1. The Hall–Kier alpha value is -1.88. The zero-order valence-electron chi connectivity index (χ0n) is 11.5. The molecule has 3 rings (SSSR count). The highest BCUT2D eigenvalue weighted by atomic mass is 16.5. The Morgan fingerprint density at radius 1 is 1.35 bits per heavy atom. The van der Waals surface area contributed by atoms with Gasteiger partial charge in [0, 0.05) is 6.61 Å². The van der Waals surface area contributed by atoms with E-state index >= 15 is 0 Å². The van der Waals surface area contributed by atoms with Crippen LogP contribution in [0.15, 0.2) is 24.3 Å². The van der Waals surface area contributed by atoms with Crippen LogP contribution >= 0.6 is 0 Å². The molecule has 2 aliphatic heterocycles. The molecule has 1 saturated heterocycles. The van der Waals surface area contributed by atoms with Crippen molar-refractivity contribution in [3.05, 3.63) is 29.8 Å². The highest BCUT2D eigenvalue weighted by Gasteiger charge is 2.37. The Morgan fingerprint density at radius 3 is 2.85 bits per heavy atom. The third kappa shape index (κ3) is 2.08. The summed E-state index contributed by atoms with van der Waals surface area (Å²) in [6.45, 7) is 3.10. The quantitative estimate of drug-likeness (QED) is 0.885. The van der Waals surface area contributed by atoms with Crippen LogP contribution in [0, 0.1) is 0 Å². The number of ether oxygens (including phenoxy) is 1. The van der Waals surface area contributed by atoms with Gasteiger partial charge in [-0.15, -0.1) is 0 Å². The van der Waals surface area contributed by atoms with Gasteiger partial charge in [-0.1, -0.05) is 19.1 Å². The Balaban J connectivity index is 2.08. The van der Waals surface area contributed by atoms with Crippen LogP contribution in [0.1, 0.15) is 30.1 Å². The fourth-order valence-electron chi connectivity index (χ4n) is 2.84. The monoisotopic (exact) mass is 274 g/mol. The SMILES string of the molecule is CCC1NC(=O)c2ccccc2N(C2CCOC2)C1=O. The van der Waals surface area contributed by atoms with E-state index in [-0.39, 0.29) is 17.9 Å². The van der Waals surface area contributed by atoms with E-state index in [9.17, 15) is 9.59 Å². The number of hydrogen-bond donors (Lipinski definition) is 1. The molecule has 2 amide bonds. The van der Waals surface area contributed by atoms with E-state index in [0.29, 0.717) is 30.9 Å². The summed E-state index contributed by atoms with van der Waals surface area (Å²) in [5.74, 6) is -0.219. The van der Waals surface area contributed by atoms with Crippen molar-refractivity contribution in [2.24, 2.45) is 0 Å². The van der Waals surface area contributed by atoms with E-state index in [1.807, 2.05) is 25.1 Å². The lowest BCUT2D eigenvalue weighted by Crippen LogP contribution is -2.49. The summed E-state index contributed by atoms with van der Waals surface area (Å²) in [6, 6.07) is 6.83. The van der Waals surface area contributed by atoms with Gasteiger partial charge in [-0.05, 0) is 25.0 Å². The van der Waals surface area contributed by atoms with Crippen LogP contribution in [0.2, 0.25) is 0 Å². The summed E-state index contributed by atoms with van der Waals surface area (Å²) in [5, 5.41) is 2.82. The molecular formula is C15H18N2O3. The molecule has 0 aliphatic carbocycles. The van der Waals surface area contributed by atoms with Gasteiger partial charge in [0.2, 0.25) is 5.91 Å². The Labute approximate surface area is 117 Å². The van der Waals surface area contributed by atoms with Gasteiger partial charge < -0.3 is 15.0 Å². The van der Waals surface area contributed by atoms with Crippen LogP contribution in [0.3, 0.4) is 0 Å². The number of rotatable bonds is 2. The summed E-state index contributed by atoms with van der Waals surface area (Å²) in [7, 11) is 0. The van der Waals surface area contributed by atoms with Gasteiger partial charge in [0.25, 0.3) is 5.91 Å². The maximum atomic E-state index is 12.7. The second kappa shape index (κ2) is 5.25. The number of hydrogen-bond acceptors (Lipinski definition) is 3. The molecule has 5 heteroatoms. The van der Waals surface area contributed by atoms with Crippen molar-refractivity contribution in [1.82, 2.24) is 5.32 Å². The van der Waals surface area contributed by atoms with Crippen LogP contribution in [-0.4, -0.2) is 37.1 Å². The largest absolute Gasteiger partial charge is 0.379 e. The second-order valence-corrected chi connectivity index (χ2v) is 5.18. The molecule has 2 heterocycles. The highest BCUT2D eigenvalue weighted by molar-refractivity contribution is 6.11. The van der Waals surface area contributed by atoms with Gasteiger partial charge in [-0.3, -0.25) is 9.59 Å². The molecule has 0 radical (unpaired) electrons. The average molecular weight is 274 g/mol. The Bertz CT molecular complexity index is 538. The van der Waals surface area contributed by atoms with Crippen molar-refractivity contribution in [2.75, 3.05) is 18.1 Å². The first-order chi connectivity index (χ1) is 9.72. The Kier molecular flexibility index (Phi) is 3.44. The topological polar surface area (TPSA) is 58.6 Å². The van der Waals surface area contributed by atoms with Crippen molar-refractivity contribution < 1.29 is 14.3 Å². The molecule has 20 heavy (non-hydrogen) atoms. The minimum atomic E-state index is -0.463. The summed E-state index contributed by atoms with van der Waals surface area (Å²) < 4.78 is 5.41. The zero-order chi connectivity index (χ0) is 14.1. The van der Waals surface area contributed by atoms with E-state index in [1.54, 1.807) is 11.0 Å². The molecular weight excluding hydrogens is 256 g/mol. The molecule has 5 nitrogen and oxygen atoms in total. The standard InChI is InChI=1S/C15H18N2O3/c1-2-12-15(19)17(10-7-8-20-9-10)13-6-4-3-5-11(13)14(18)16-12/h3-6,10,12H,2,7-9H2,1H3,(H,16,18). The number of nitrogens with zero attached hydrogens (tertiary/aromatic N) is 1. The number of anilines is 1. The second-order valence-electron chi connectivity index (χ2n) is 5.18. The summed E-state index contributed by atoms with van der Waals surface area (Å²) in [4.78, 5) is 26.7. The first-order valence-corrected chi connectivity index (χ1v) is 7.03. The van der Waals surface area contributed by atoms with E-state index in [2.05, 4.69) is 5.32 Å². The highest BCUT2D eigenvalue weighted by Crippen LogP contribution is 2.29. The molecule has 0 aromatic heterocycles. The number of carbonyl (C=O) groups excluding carboxylic acids is 2. The molecule has 0 saturated carbocycles. The minimum absolute atomic E-state index is 0.0189. The molecule has 0 bridgehead atoms. The predicted molar refractivity (Wildman–Crippen MR) is 74.7 cm³/mol. The maximum absolute atomic E-state index is 12.7. The van der Waals surface area contributed by atoms with Crippen LogP contribution in [-0.2, 0) is 9.53 Å². The minimum Gasteiger partial charge on any atom is -0.379 e. The maximum Gasteiger partial charge on any atom is 0.254 e. The number of nitrogens with one attached hydrogen (secondary N) is 1. The lowest BCUT2D eigenvalue weighted by atomic mass is 10.1. The van der Waals surface area contributed by atoms with Gasteiger partial charge in [-0.2, -0.15) is 0 Å². The first-order valence-electron chi connectivity index (χ1n) is 7.03. The van der Waals surface area contributed by atoms with Crippen molar-refractivity contribution in [2.45, 2.75) is 31.8 Å². The normalized spacial score (nSPS) is 26.1. The van der Waals surface area contributed by atoms with Crippen LogP contribution in [0.25, 0.3) is 0 Å².